The van der Waals surface area contributed by atoms with Crippen LogP contribution in [0.5, 0.6) is 0 Å². The molecule has 0 radical (unpaired) electrons. The summed E-state index contributed by atoms with van der Waals surface area (Å²) >= 11 is 7.25. The lowest BCUT2D eigenvalue weighted by atomic mass is 10.2. The lowest BCUT2D eigenvalue weighted by molar-refractivity contribution is 0.0940. The maximum absolute atomic E-state index is 13.0. The van der Waals surface area contributed by atoms with Gasteiger partial charge in [0.15, 0.2) is 0 Å². The fraction of sp³-hybridized carbons (Fsp3) is 0.154. The lowest BCUT2D eigenvalue weighted by Crippen LogP contribution is -2.26. The lowest BCUT2D eigenvalue weighted by Gasteiger charge is -2.12. The van der Waals surface area contributed by atoms with E-state index in [2.05, 4.69) is 5.32 Å². The van der Waals surface area contributed by atoms with Gasteiger partial charge in [0, 0.05) is 10.4 Å². The van der Waals surface area contributed by atoms with Crippen molar-refractivity contribution in [3.05, 3.63) is 57.0 Å². The molecule has 2 rings (SSSR count). The summed E-state index contributed by atoms with van der Waals surface area (Å²) in [4.78, 5) is 12.8. The molecule has 0 aliphatic rings. The number of carbonyl (C=O) groups excluding carboxylic acids is 1. The minimum Gasteiger partial charge on any atom is -0.345 e. The molecule has 0 saturated carbocycles. The molecule has 1 atom stereocenters. The second-order valence-electron chi connectivity index (χ2n) is 3.85. The van der Waals surface area contributed by atoms with Crippen molar-refractivity contribution in [3.8, 4) is 0 Å². The normalized spacial score (nSPS) is 12.2. The zero-order valence-electron chi connectivity index (χ0n) is 9.61. The Morgan fingerprint density at radius 2 is 2.17 bits per heavy atom. The van der Waals surface area contributed by atoms with Gasteiger partial charge >= 0.3 is 0 Å². The maximum atomic E-state index is 13.0. The van der Waals surface area contributed by atoms with Gasteiger partial charge in [-0.3, -0.25) is 4.79 Å². The van der Waals surface area contributed by atoms with Crippen LogP contribution in [-0.2, 0) is 0 Å². The summed E-state index contributed by atoms with van der Waals surface area (Å²) in [7, 11) is 0. The van der Waals surface area contributed by atoms with Gasteiger partial charge in [-0.2, -0.15) is 0 Å². The van der Waals surface area contributed by atoms with Crippen molar-refractivity contribution in [2.24, 2.45) is 0 Å². The molecule has 2 aromatic rings. The monoisotopic (exact) mass is 283 g/mol. The second-order valence-corrected chi connectivity index (χ2v) is 5.59. The van der Waals surface area contributed by atoms with Gasteiger partial charge in [0.1, 0.15) is 5.82 Å². The van der Waals surface area contributed by atoms with Gasteiger partial charge < -0.3 is 5.32 Å². The summed E-state index contributed by atoms with van der Waals surface area (Å²) in [6, 6.07) is 9.10. The van der Waals surface area contributed by atoms with Crippen LogP contribution in [0.2, 0.25) is 4.34 Å². The van der Waals surface area contributed by atoms with Crippen LogP contribution in [0.15, 0.2) is 36.4 Å². The van der Waals surface area contributed by atoms with Crippen LogP contribution in [-0.4, -0.2) is 5.91 Å². The van der Waals surface area contributed by atoms with Gasteiger partial charge in [-0.05, 0) is 37.3 Å². The van der Waals surface area contributed by atoms with Crippen molar-refractivity contribution >= 4 is 28.8 Å². The number of carbonyl (C=O) groups is 1. The molecule has 0 bridgehead atoms. The van der Waals surface area contributed by atoms with Gasteiger partial charge in [0.2, 0.25) is 0 Å². The molecule has 1 amide bonds. The van der Waals surface area contributed by atoms with Crippen molar-refractivity contribution in [1.29, 1.82) is 0 Å². The zero-order valence-corrected chi connectivity index (χ0v) is 11.2. The Bertz CT molecular complexity index is 570. The summed E-state index contributed by atoms with van der Waals surface area (Å²) in [6.07, 6.45) is 0. The molecule has 0 spiro atoms. The Morgan fingerprint density at radius 1 is 1.39 bits per heavy atom. The Hall–Kier alpha value is -1.39. The van der Waals surface area contributed by atoms with Crippen LogP contribution in [0.1, 0.15) is 28.2 Å². The Morgan fingerprint density at radius 3 is 2.78 bits per heavy atom. The fourth-order valence-electron chi connectivity index (χ4n) is 1.54. The van der Waals surface area contributed by atoms with Crippen molar-refractivity contribution in [2.45, 2.75) is 13.0 Å². The average Bonchev–Trinajstić information content (AvgIpc) is 2.76. The average molecular weight is 284 g/mol. The van der Waals surface area contributed by atoms with E-state index in [0.717, 1.165) is 4.88 Å². The standard InChI is InChI=1S/C13H11ClFNOS/c1-8(11-5-6-12(14)18-11)16-13(17)9-3-2-4-10(15)7-9/h2-8H,1H3,(H,16,17). The molecule has 1 aromatic carbocycles. The molecule has 0 aliphatic carbocycles. The van der Waals surface area contributed by atoms with Gasteiger partial charge in [0.05, 0.1) is 10.4 Å². The first-order valence-corrected chi connectivity index (χ1v) is 6.57. The Kier molecular flexibility index (Phi) is 3.99. The van der Waals surface area contributed by atoms with E-state index >= 15 is 0 Å². The van der Waals surface area contributed by atoms with Gasteiger partial charge in [-0.1, -0.05) is 17.7 Å². The summed E-state index contributed by atoms with van der Waals surface area (Å²) in [5.74, 6) is -0.721. The van der Waals surface area contributed by atoms with E-state index in [-0.39, 0.29) is 11.9 Å². The largest absolute Gasteiger partial charge is 0.345 e. The molecule has 2 nitrogen and oxygen atoms in total. The van der Waals surface area contributed by atoms with E-state index in [1.807, 2.05) is 13.0 Å². The molecular weight excluding hydrogens is 273 g/mol. The molecular formula is C13H11ClFNOS. The predicted octanol–water partition coefficient (Wildman–Crippen LogP) is 4.03. The van der Waals surface area contributed by atoms with Crippen molar-refractivity contribution in [3.63, 3.8) is 0 Å². The SMILES string of the molecule is CC(NC(=O)c1cccc(F)c1)c1ccc(Cl)s1. The summed E-state index contributed by atoms with van der Waals surface area (Å²) in [5, 5.41) is 2.80. The number of nitrogens with one attached hydrogen (secondary N) is 1. The predicted molar refractivity (Wildman–Crippen MR) is 71.6 cm³/mol. The van der Waals surface area contributed by atoms with E-state index in [1.165, 1.54) is 29.5 Å². The van der Waals surface area contributed by atoms with E-state index in [1.54, 1.807) is 12.1 Å². The fourth-order valence-corrected chi connectivity index (χ4v) is 2.61. The highest BCUT2D eigenvalue weighted by Crippen LogP contribution is 2.26. The second kappa shape index (κ2) is 5.50. The number of halogens is 2. The van der Waals surface area contributed by atoms with Crippen molar-refractivity contribution < 1.29 is 9.18 Å². The topological polar surface area (TPSA) is 29.1 Å². The number of amides is 1. The number of rotatable bonds is 3. The van der Waals surface area contributed by atoms with E-state index in [9.17, 15) is 9.18 Å². The smallest absolute Gasteiger partial charge is 0.251 e. The number of hydrogen-bond donors (Lipinski definition) is 1. The summed E-state index contributed by atoms with van der Waals surface area (Å²) in [5.41, 5.74) is 0.310. The molecule has 0 aliphatic heterocycles. The van der Waals surface area contributed by atoms with Crippen LogP contribution in [0.25, 0.3) is 0 Å². The Balaban J connectivity index is 2.08. The first-order valence-electron chi connectivity index (χ1n) is 5.38. The minimum absolute atomic E-state index is 0.154. The summed E-state index contributed by atoms with van der Waals surface area (Å²) in [6.45, 7) is 1.86. The molecule has 18 heavy (non-hydrogen) atoms. The van der Waals surface area contributed by atoms with Crippen molar-refractivity contribution in [1.82, 2.24) is 5.32 Å². The quantitative estimate of drug-likeness (QED) is 0.905. The number of thiophene rings is 1. The van der Waals surface area contributed by atoms with Crippen LogP contribution in [0, 0.1) is 5.82 Å². The van der Waals surface area contributed by atoms with E-state index in [4.69, 9.17) is 11.6 Å². The van der Waals surface area contributed by atoms with E-state index in [0.29, 0.717) is 9.90 Å². The number of benzene rings is 1. The van der Waals surface area contributed by atoms with Gasteiger partial charge in [-0.15, -0.1) is 11.3 Å². The molecule has 5 heteroatoms. The third-order valence-corrected chi connectivity index (χ3v) is 3.87. The molecule has 1 N–H and O–H groups in total. The van der Waals surface area contributed by atoms with Crippen LogP contribution in [0.3, 0.4) is 0 Å². The summed E-state index contributed by atoms with van der Waals surface area (Å²) < 4.78 is 13.7. The van der Waals surface area contributed by atoms with Crippen LogP contribution < -0.4 is 5.32 Å². The molecule has 1 heterocycles. The van der Waals surface area contributed by atoms with Gasteiger partial charge in [0.25, 0.3) is 5.91 Å². The van der Waals surface area contributed by atoms with Crippen LogP contribution >= 0.6 is 22.9 Å². The molecule has 0 fully saturated rings. The molecule has 0 saturated heterocycles. The molecule has 1 aromatic heterocycles. The zero-order chi connectivity index (χ0) is 13.1. The molecule has 94 valence electrons. The first-order chi connectivity index (χ1) is 8.56. The van der Waals surface area contributed by atoms with Crippen molar-refractivity contribution in [2.75, 3.05) is 0 Å². The maximum Gasteiger partial charge on any atom is 0.251 e. The van der Waals surface area contributed by atoms with Gasteiger partial charge in [-0.25, -0.2) is 4.39 Å². The van der Waals surface area contributed by atoms with E-state index < -0.39 is 5.82 Å². The highest BCUT2D eigenvalue weighted by molar-refractivity contribution is 7.16. The van der Waals surface area contributed by atoms with Crippen LogP contribution in [0.4, 0.5) is 4.39 Å². The Labute approximate surface area is 113 Å². The number of hydrogen-bond acceptors (Lipinski definition) is 2. The minimum atomic E-state index is -0.422. The third kappa shape index (κ3) is 3.09. The highest BCUT2D eigenvalue weighted by Gasteiger charge is 2.13. The molecule has 1 unspecified atom stereocenters. The highest BCUT2D eigenvalue weighted by atomic mass is 35.5. The first kappa shape index (κ1) is 13.1. The third-order valence-electron chi connectivity index (χ3n) is 2.46.